The predicted octanol–water partition coefficient (Wildman–Crippen LogP) is 3.84. The Morgan fingerprint density at radius 3 is 2.35 bits per heavy atom. The molecule has 2 aromatic rings. The maximum absolute atomic E-state index is 13.4. The van der Waals surface area contributed by atoms with Crippen LogP contribution in [-0.2, 0) is 10.0 Å². The zero-order valence-electron chi connectivity index (χ0n) is 12.4. The summed E-state index contributed by atoms with van der Waals surface area (Å²) in [7, 11) is -2.57. The first-order valence-electron chi connectivity index (χ1n) is 6.62. The van der Waals surface area contributed by atoms with Crippen LogP contribution in [-0.4, -0.2) is 22.1 Å². The van der Waals surface area contributed by atoms with Crippen LogP contribution in [0.5, 0.6) is 5.75 Å². The van der Waals surface area contributed by atoms with Gasteiger partial charge in [-0.15, -0.1) is 0 Å². The zero-order chi connectivity index (χ0) is 17.2. The first kappa shape index (κ1) is 17.5. The van der Waals surface area contributed by atoms with Gasteiger partial charge in [-0.3, -0.25) is 4.31 Å². The van der Waals surface area contributed by atoms with Crippen LogP contribution < -0.4 is 9.04 Å². The second-order valence-electron chi connectivity index (χ2n) is 4.56. The van der Waals surface area contributed by atoms with Gasteiger partial charge in [0, 0.05) is 12.6 Å². The van der Waals surface area contributed by atoms with E-state index in [4.69, 9.17) is 16.3 Å². The molecule has 0 heterocycles. The summed E-state index contributed by atoms with van der Waals surface area (Å²) < 4.78 is 57.8. The first-order chi connectivity index (χ1) is 10.8. The minimum atomic E-state index is -3.98. The Hall–Kier alpha value is -1.86. The highest BCUT2D eigenvalue weighted by Gasteiger charge is 2.25. The molecule has 0 radical (unpaired) electrons. The van der Waals surface area contributed by atoms with E-state index < -0.39 is 21.7 Å². The van der Waals surface area contributed by atoms with Crippen molar-refractivity contribution in [2.24, 2.45) is 0 Å². The number of hydrogen-bond donors (Lipinski definition) is 0. The molecule has 0 bridgehead atoms. The number of anilines is 1. The highest BCUT2D eigenvalue weighted by Crippen LogP contribution is 2.30. The Balaban J connectivity index is 2.50. The summed E-state index contributed by atoms with van der Waals surface area (Å²) in [5.41, 5.74) is 0.0262. The summed E-state index contributed by atoms with van der Waals surface area (Å²) in [6, 6.07) is 6.92. The number of methoxy groups -OCH3 is 1. The molecule has 0 saturated carbocycles. The van der Waals surface area contributed by atoms with E-state index in [1.165, 1.54) is 31.4 Å². The molecule has 0 atom stereocenters. The lowest BCUT2D eigenvalue weighted by atomic mass is 10.3. The van der Waals surface area contributed by atoms with E-state index in [1.807, 2.05) is 0 Å². The molecule has 2 aromatic carbocycles. The average Bonchev–Trinajstić information content (AvgIpc) is 2.51. The molecule has 2 rings (SSSR count). The summed E-state index contributed by atoms with van der Waals surface area (Å²) in [5.74, 6) is -1.83. The minimum Gasteiger partial charge on any atom is -0.495 e. The Bertz CT molecular complexity index is 827. The zero-order valence-corrected chi connectivity index (χ0v) is 14.0. The molecule has 4 nitrogen and oxygen atoms in total. The van der Waals surface area contributed by atoms with Gasteiger partial charge in [-0.1, -0.05) is 11.6 Å². The van der Waals surface area contributed by atoms with Crippen LogP contribution in [0, 0.1) is 11.6 Å². The fourth-order valence-electron chi connectivity index (χ4n) is 2.07. The molecule has 0 N–H and O–H groups in total. The van der Waals surface area contributed by atoms with Crippen LogP contribution >= 0.6 is 11.6 Å². The minimum absolute atomic E-state index is 0.0262. The third kappa shape index (κ3) is 3.40. The number of hydrogen-bond acceptors (Lipinski definition) is 3. The summed E-state index contributed by atoms with van der Waals surface area (Å²) >= 11 is 5.96. The Morgan fingerprint density at radius 2 is 1.83 bits per heavy atom. The van der Waals surface area contributed by atoms with Crippen LogP contribution in [0.15, 0.2) is 41.3 Å². The molecule has 0 unspecified atom stereocenters. The molecular weight excluding hydrogens is 348 g/mol. The monoisotopic (exact) mass is 361 g/mol. The first-order valence-corrected chi connectivity index (χ1v) is 8.44. The lowest BCUT2D eigenvalue weighted by Crippen LogP contribution is -2.30. The lowest BCUT2D eigenvalue weighted by Gasteiger charge is -2.23. The van der Waals surface area contributed by atoms with E-state index in [0.717, 1.165) is 16.4 Å². The van der Waals surface area contributed by atoms with Gasteiger partial charge in [0.2, 0.25) is 0 Å². The van der Waals surface area contributed by atoms with Crippen molar-refractivity contribution >= 4 is 27.3 Å². The molecule has 23 heavy (non-hydrogen) atoms. The second-order valence-corrected chi connectivity index (χ2v) is 6.83. The highest BCUT2D eigenvalue weighted by molar-refractivity contribution is 7.92. The van der Waals surface area contributed by atoms with Gasteiger partial charge in [0.25, 0.3) is 10.0 Å². The van der Waals surface area contributed by atoms with Crippen LogP contribution in [0.2, 0.25) is 5.02 Å². The molecule has 0 aliphatic heterocycles. The quantitative estimate of drug-likeness (QED) is 0.812. The van der Waals surface area contributed by atoms with Crippen molar-refractivity contribution < 1.29 is 21.9 Å². The van der Waals surface area contributed by atoms with Gasteiger partial charge in [-0.05, 0) is 37.3 Å². The summed E-state index contributed by atoms with van der Waals surface area (Å²) in [5, 5.41) is 0.134. The fraction of sp³-hybridized carbons (Fsp3) is 0.200. The molecule has 0 amide bonds. The lowest BCUT2D eigenvalue weighted by molar-refractivity contribution is 0.414. The molecule has 0 saturated heterocycles. The second kappa shape index (κ2) is 6.72. The van der Waals surface area contributed by atoms with Gasteiger partial charge in [0.15, 0.2) is 11.6 Å². The van der Waals surface area contributed by atoms with E-state index >= 15 is 0 Å². The molecular formula is C15H14ClF2NO3S. The number of rotatable bonds is 5. The average molecular weight is 362 g/mol. The van der Waals surface area contributed by atoms with Crippen LogP contribution in [0.4, 0.5) is 14.5 Å². The smallest absolute Gasteiger partial charge is 0.264 e. The Labute approximate surface area is 138 Å². The number of halogens is 3. The van der Waals surface area contributed by atoms with E-state index in [0.29, 0.717) is 5.75 Å². The summed E-state index contributed by atoms with van der Waals surface area (Å²) in [6.45, 7) is 1.63. The predicted molar refractivity (Wildman–Crippen MR) is 84.6 cm³/mol. The maximum atomic E-state index is 13.4. The summed E-state index contributed by atoms with van der Waals surface area (Å²) in [6.07, 6.45) is 0. The largest absolute Gasteiger partial charge is 0.495 e. The van der Waals surface area contributed by atoms with Crippen molar-refractivity contribution in [2.45, 2.75) is 11.8 Å². The molecule has 0 spiro atoms. The Morgan fingerprint density at radius 1 is 1.13 bits per heavy atom. The number of sulfonamides is 1. The van der Waals surface area contributed by atoms with Gasteiger partial charge >= 0.3 is 0 Å². The standard InChI is InChI=1S/C15H14ClF2NO3S/c1-3-19(10-4-6-13(17)14(18)8-10)23(20,21)11-5-7-15(22-2)12(16)9-11/h4-9H,3H2,1-2H3. The molecule has 8 heteroatoms. The molecule has 0 aliphatic carbocycles. The van der Waals surface area contributed by atoms with Crippen molar-refractivity contribution in [3.05, 3.63) is 53.1 Å². The van der Waals surface area contributed by atoms with Crippen LogP contribution in [0.25, 0.3) is 0 Å². The van der Waals surface area contributed by atoms with E-state index in [1.54, 1.807) is 6.92 Å². The maximum Gasteiger partial charge on any atom is 0.264 e. The van der Waals surface area contributed by atoms with Gasteiger partial charge < -0.3 is 4.74 Å². The highest BCUT2D eigenvalue weighted by atomic mass is 35.5. The van der Waals surface area contributed by atoms with Crippen molar-refractivity contribution in [3.8, 4) is 5.75 Å². The van der Waals surface area contributed by atoms with Crippen LogP contribution in [0.1, 0.15) is 6.92 Å². The normalized spacial score (nSPS) is 11.3. The Kier molecular flexibility index (Phi) is 5.11. The molecule has 124 valence electrons. The topological polar surface area (TPSA) is 46.6 Å². The van der Waals surface area contributed by atoms with Crippen LogP contribution in [0.3, 0.4) is 0 Å². The molecule has 0 fully saturated rings. The summed E-state index contributed by atoms with van der Waals surface area (Å²) in [4.78, 5) is -0.0742. The van der Waals surface area contributed by atoms with Crippen molar-refractivity contribution in [3.63, 3.8) is 0 Å². The van der Waals surface area contributed by atoms with E-state index in [-0.39, 0.29) is 22.2 Å². The third-order valence-corrected chi connectivity index (χ3v) is 5.38. The van der Waals surface area contributed by atoms with Crippen molar-refractivity contribution in [2.75, 3.05) is 18.0 Å². The van der Waals surface area contributed by atoms with Gasteiger partial charge in [0.1, 0.15) is 5.75 Å². The van der Waals surface area contributed by atoms with Gasteiger partial charge in [-0.25, -0.2) is 17.2 Å². The third-order valence-electron chi connectivity index (χ3n) is 3.19. The van der Waals surface area contributed by atoms with Crippen molar-refractivity contribution in [1.82, 2.24) is 0 Å². The number of nitrogens with zero attached hydrogens (tertiary/aromatic N) is 1. The van der Waals surface area contributed by atoms with E-state index in [9.17, 15) is 17.2 Å². The van der Waals surface area contributed by atoms with Gasteiger partial charge in [0.05, 0.1) is 22.7 Å². The van der Waals surface area contributed by atoms with E-state index in [2.05, 4.69) is 0 Å². The number of ether oxygens (including phenoxy) is 1. The fourth-order valence-corrected chi connectivity index (χ4v) is 3.88. The molecule has 0 aliphatic rings. The van der Waals surface area contributed by atoms with Gasteiger partial charge in [-0.2, -0.15) is 0 Å². The SMILES string of the molecule is CCN(c1ccc(F)c(F)c1)S(=O)(=O)c1ccc(OC)c(Cl)c1. The number of benzene rings is 2. The van der Waals surface area contributed by atoms with Crippen molar-refractivity contribution in [1.29, 1.82) is 0 Å². The molecule has 0 aromatic heterocycles.